The number of hydrogen-bond acceptors (Lipinski definition) is 0. The monoisotopic (exact) mass is 642 g/mol. The molecule has 0 aliphatic rings. The topological polar surface area (TPSA) is 0 Å². The van der Waals surface area contributed by atoms with Crippen LogP contribution in [-0.4, -0.2) is 24.2 Å². The second kappa shape index (κ2) is 13.9. The second-order valence-electron chi connectivity index (χ2n) is 12.7. The highest BCUT2D eigenvalue weighted by Gasteiger charge is 2.48. The first kappa shape index (κ1) is 31.5. The fourth-order valence-corrected chi connectivity index (χ4v) is 22.1. The predicted octanol–water partition coefficient (Wildman–Crippen LogP) is 6.83. The minimum absolute atomic E-state index is 0.979. The molecule has 46 heavy (non-hydrogen) atoms. The average molecular weight is 643 g/mol. The molecule has 6 aromatic rings. The summed E-state index contributed by atoms with van der Waals surface area (Å²) in [7, 11) is -7.18. The third-order valence-corrected chi connectivity index (χ3v) is 25.5. The van der Waals surface area contributed by atoms with Crippen LogP contribution in [0.1, 0.15) is 0 Å². The van der Waals surface area contributed by atoms with E-state index in [1.807, 2.05) is 0 Å². The van der Waals surface area contributed by atoms with Crippen molar-refractivity contribution in [1.29, 1.82) is 0 Å². The van der Waals surface area contributed by atoms with Gasteiger partial charge in [0.15, 0.2) is 0 Å². The van der Waals surface area contributed by atoms with Gasteiger partial charge in [0.25, 0.3) is 0 Å². The summed E-state index contributed by atoms with van der Waals surface area (Å²) in [6, 6.07) is 68.5. The Kier molecular flexibility index (Phi) is 9.48. The standard InChI is InChI=1S/C43H42Si3/c1-44(37-23-10-4-11-24-37,38-25-12-5-13-26-38)36-22-35-43(45(2,39-27-14-6-15-28-39)40-29-16-7-17-30-40)46(3,41-31-18-8-19-32-41)42-33-20-9-21-34-42/h4-34H,36H2,1-3H3. The fraction of sp³-hybridized carbons (Fsp3) is 0.0930. The van der Waals surface area contributed by atoms with E-state index >= 15 is 0 Å². The van der Waals surface area contributed by atoms with Gasteiger partial charge in [-0.1, -0.05) is 212 Å². The van der Waals surface area contributed by atoms with Gasteiger partial charge in [0.2, 0.25) is 0 Å². The predicted molar refractivity (Wildman–Crippen MR) is 208 cm³/mol. The highest BCUT2D eigenvalue weighted by atomic mass is 28.4. The van der Waals surface area contributed by atoms with E-state index in [1.165, 1.54) is 35.9 Å². The molecule has 0 atom stereocenters. The molecule has 0 fully saturated rings. The molecule has 0 saturated carbocycles. The molecular weight excluding hydrogens is 601 g/mol. The molecule has 6 aromatic carbocycles. The fourth-order valence-electron chi connectivity index (χ4n) is 7.16. The lowest BCUT2D eigenvalue weighted by atomic mass is 10.4. The lowest BCUT2D eigenvalue weighted by Gasteiger charge is -2.41. The highest BCUT2D eigenvalue weighted by molar-refractivity contribution is 7.24. The molecule has 226 valence electrons. The van der Waals surface area contributed by atoms with Crippen LogP contribution in [0.5, 0.6) is 0 Å². The van der Waals surface area contributed by atoms with Crippen molar-refractivity contribution in [3.63, 3.8) is 0 Å². The van der Waals surface area contributed by atoms with Gasteiger partial charge in [0, 0.05) is 0 Å². The minimum atomic E-state index is -2.54. The maximum atomic E-state index is 4.24. The van der Waals surface area contributed by atoms with Crippen LogP contribution in [0, 0.1) is 0 Å². The van der Waals surface area contributed by atoms with Crippen molar-refractivity contribution in [2.24, 2.45) is 0 Å². The van der Waals surface area contributed by atoms with Gasteiger partial charge in [-0.25, -0.2) is 0 Å². The first-order chi connectivity index (χ1) is 22.5. The van der Waals surface area contributed by atoms with Gasteiger partial charge in [-0.15, -0.1) is 5.73 Å². The van der Waals surface area contributed by atoms with E-state index in [1.54, 1.807) is 0 Å². The largest absolute Gasteiger partial charge is 0.146 e. The van der Waals surface area contributed by atoms with E-state index in [0.29, 0.717) is 0 Å². The number of hydrogen-bond donors (Lipinski definition) is 0. The van der Waals surface area contributed by atoms with Crippen LogP contribution in [0.3, 0.4) is 0 Å². The Morgan fingerprint density at radius 2 is 0.630 bits per heavy atom. The Labute approximate surface area is 278 Å². The van der Waals surface area contributed by atoms with Gasteiger partial charge in [-0.3, -0.25) is 0 Å². The summed E-state index contributed by atoms with van der Waals surface area (Å²) < 4.78 is 0. The zero-order valence-electron chi connectivity index (χ0n) is 27.1. The van der Waals surface area contributed by atoms with Crippen molar-refractivity contribution in [1.82, 2.24) is 0 Å². The second-order valence-corrected chi connectivity index (χ2v) is 25.2. The maximum absolute atomic E-state index is 4.24. The SMILES string of the molecule is C[Si](CC=C=C([Si](C)(c1ccccc1)c1ccccc1)[Si](C)(c1ccccc1)c1ccccc1)(c1ccccc1)c1ccccc1. The van der Waals surface area contributed by atoms with Crippen LogP contribution in [-0.2, 0) is 0 Å². The molecular formula is C43H42Si3. The molecule has 0 nitrogen and oxygen atoms in total. The van der Waals surface area contributed by atoms with Crippen molar-refractivity contribution < 1.29 is 0 Å². The molecule has 0 saturated heterocycles. The van der Waals surface area contributed by atoms with Gasteiger partial charge in [0.1, 0.15) is 24.2 Å². The van der Waals surface area contributed by atoms with Crippen molar-refractivity contribution in [2.75, 3.05) is 0 Å². The first-order valence-electron chi connectivity index (χ1n) is 16.3. The Hall–Kier alpha value is -4.51. The third kappa shape index (κ3) is 6.03. The zero-order valence-corrected chi connectivity index (χ0v) is 30.1. The third-order valence-electron chi connectivity index (χ3n) is 9.98. The Morgan fingerprint density at radius 1 is 0.391 bits per heavy atom. The van der Waals surface area contributed by atoms with E-state index in [-0.39, 0.29) is 0 Å². The molecule has 6 rings (SSSR count). The highest BCUT2D eigenvalue weighted by Crippen LogP contribution is 2.27. The molecule has 0 unspecified atom stereocenters. The van der Waals surface area contributed by atoms with Crippen LogP contribution in [0.15, 0.2) is 199 Å². The van der Waals surface area contributed by atoms with Gasteiger partial charge in [0.05, 0.1) is 0 Å². The molecule has 0 aliphatic carbocycles. The number of benzene rings is 6. The van der Waals surface area contributed by atoms with Gasteiger partial charge < -0.3 is 0 Å². The Morgan fingerprint density at radius 3 is 0.891 bits per heavy atom. The minimum Gasteiger partial charge on any atom is -0.133 e. The van der Waals surface area contributed by atoms with Crippen LogP contribution in [0.4, 0.5) is 0 Å². The van der Waals surface area contributed by atoms with Crippen LogP contribution in [0.2, 0.25) is 25.7 Å². The quantitative estimate of drug-likeness (QED) is 0.114. The summed E-state index contributed by atoms with van der Waals surface area (Å²) in [4.78, 5) is 1.51. The normalized spacial score (nSPS) is 11.8. The molecule has 0 heterocycles. The summed E-state index contributed by atoms with van der Waals surface area (Å²) in [6.45, 7) is 7.65. The zero-order chi connectivity index (χ0) is 31.9. The molecule has 3 heteroatoms. The summed E-state index contributed by atoms with van der Waals surface area (Å²) >= 11 is 0. The van der Waals surface area contributed by atoms with Crippen LogP contribution < -0.4 is 31.1 Å². The summed E-state index contributed by atoms with van der Waals surface area (Å²) in [5.41, 5.74) is 4.24. The summed E-state index contributed by atoms with van der Waals surface area (Å²) in [6.07, 6.45) is 2.44. The lowest BCUT2D eigenvalue weighted by Crippen LogP contribution is -2.70. The number of allylic oxidation sites excluding steroid dienone is 1. The molecule has 0 bridgehead atoms. The van der Waals surface area contributed by atoms with Crippen LogP contribution in [0.25, 0.3) is 0 Å². The summed E-state index contributed by atoms with van der Waals surface area (Å²) in [5.74, 6) is 0. The van der Waals surface area contributed by atoms with E-state index in [4.69, 9.17) is 0 Å². The number of rotatable bonds is 10. The first-order valence-corrected chi connectivity index (χ1v) is 24.0. The molecule has 0 aromatic heterocycles. The van der Waals surface area contributed by atoms with Gasteiger partial charge in [-0.05, 0) is 37.7 Å². The van der Waals surface area contributed by atoms with E-state index in [0.717, 1.165) is 6.04 Å². The smallest absolute Gasteiger partial charge is 0.133 e. The lowest BCUT2D eigenvalue weighted by molar-refractivity contribution is 1.54. The van der Waals surface area contributed by atoms with E-state index in [2.05, 4.69) is 213 Å². The van der Waals surface area contributed by atoms with E-state index < -0.39 is 24.2 Å². The Balaban J connectivity index is 1.67. The summed E-state index contributed by atoms with van der Waals surface area (Å²) in [5, 5.41) is 8.61. The van der Waals surface area contributed by atoms with Crippen molar-refractivity contribution in [3.05, 3.63) is 199 Å². The van der Waals surface area contributed by atoms with Gasteiger partial charge >= 0.3 is 0 Å². The average Bonchev–Trinajstić information content (AvgIpc) is 3.15. The van der Waals surface area contributed by atoms with Crippen molar-refractivity contribution >= 4 is 55.3 Å². The molecule has 0 aliphatic heterocycles. The van der Waals surface area contributed by atoms with Crippen molar-refractivity contribution in [3.8, 4) is 0 Å². The van der Waals surface area contributed by atoms with Crippen molar-refractivity contribution in [2.45, 2.75) is 25.7 Å². The molecule has 0 N–H and O–H groups in total. The molecule has 0 radical (unpaired) electrons. The van der Waals surface area contributed by atoms with Gasteiger partial charge in [-0.2, -0.15) is 0 Å². The molecule has 0 amide bonds. The van der Waals surface area contributed by atoms with E-state index in [9.17, 15) is 0 Å². The van der Waals surface area contributed by atoms with Crippen LogP contribution >= 0.6 is 0 Å². The Bertz CT molecular complexity index is 1690. The molecule has 0 spiro atoms. The maximum Gasteiger partial charge on any atom is 0.146 e.